The monoisotopic (exact) mass is 527 g/mol. The lowest BCUT2D eigenvalue weighted by atomic mass is 9.79. The zero-order valence-electron chi connectivity index (χ0n) is 16.8. The van der Waals surface area contributed by atoms with Crippen LogP contribution in [0.5, 0.6) is 5.75 Å². The highest BCUT2D eigenvalue weighted by atomic mass is 35.5. The van der Waals surface area contributed by atoms with E-state index >= 15 is 0 Å². The number of nitrogens with one attached hydrogen (secondary N) is 1. The largest absolute Gasteiger partial charge is 0.465 e. The van der Waals surface area contributed by atoms with Crippen molar-refractivity contribution in [2.45, 2.75) is 30.9 Å². The number of carbonyl (C=O) groups is 1. The van der Waals surface area contributed by atoms with Gasteiger partial charge >= 0.3 is 12.8 Å². The Kier molecular flexibility index (Phi) is 6.52. The van der Waals surface area contributed by atoms with E-state index in [1.807, 2.05) is 0 Å². The molecule has 9 nitrogen and oxygen atoms in total. The Labute approximate surface area is 197 Å². The van der Waals surface area contributed by atoms with Crippen molar-refractivity contribution in [1.82, 2.24) is 9.97 Å². The summed E-state index contributed by atoms with van der Waals surface area (Å²) in [6, 6.07) is 0.787. The van der Waals surface area contributed by atoms with Crippen molar-refractivity contribution in [2.24, 2.45) is 16.6 Å². The lowest BCUT2D eigenvalue weighted by Gasteiger charge is -2.44. The number of amidine groups is 1. The number of pyridine rings is 1. The number of hydrogen-bond acceptors (Lipinski definition) is 9. The minimum atomic E-state index is -4.55. The second-order valence-corrected chi connectivity index (χ2v) is 8.60. The Morgan fingerprint density at radius 3 is 2.85 bits per heavy atom. The number of amides is 1. The Bertz CT molecular complexity index is 1120. The van der Waals surface area contributed by atoms with Gasteiger partial charge in [0.1, 0.15) is 27.8 Å². The van der Waals surface area contributed by atoms with Gasteiger partial charge in [-0.3, -0.25) is 4.79 Å². The van der Waals surface area contributed by atoms with Crippen LogP contribution < -0.4 is 15.8 Å². The number of carbonyl (C=O) groups excluding carboxylic acids is 1. The van der Waals surface area contributed by atoms with Gasteiger partial charge in [-0.1, -0.05) is 11.6 Å². The normalized spacial score (nSPS) is 24.7. The maximum absolute atomic E-state index is 13.2. The molecule has 184 valence electrons. The summed E-state index contributed by atoms with van der Waals surface area (Å²) in [5.41, 5.74) is 4.09. The molecule has 0 aromatic carbocycles. The lowest BCUT2D eigenvalue weighted by molar-refractivity contribution is -0.249. The number of anilines is 1. The van der Waals surface area contributed by atoms with E-state index in [1.54, 1.807) is 0 Å². The molecule has 3 N–H and O–H groups in total. The van der Waals surface area contributed by atoms with E-state index in [1.165, 1.54) is 5.38 Å². The minimum Gasteiger partial charge on any atom is -0.465 e. The number of aromatic nitrogens is 2. The average molecular weight is 528 g/mol. The molecule has 34 heavy (non-hydrogen) atoms. The molecule has 0 bridgehead atoms. The molecule has 0 aliphatic carbocycles. The molecule has 2 aromatic heterocycles. The van der Waals surface area contributed by atoms with E-state index in [4.69, 9.17) is 26.8 Å². The average Bonchev–Trinajstić information content (AvgIpc) is 3.21. The fourth-order valence-electron chi connectivity index (χ4n) is 3.58. The number of rotatable bonds is 5. The molecule has 1 amide bonds. The van der Waals surface area contributed by atoms with E-state index in [0.29, 0.717) is 0 Å². The van der Waals surface area contributed by atoms with Gasteiger partial charge in [-0.15, -0.1) is 11.3 Å². The molecule has 16 heteroatoms. The van der Waals surface area contributed by atoms with Crippen molar-refractivity contribution in [3.63, 3.8) is 0 Å². The molecule has 0 saturated carbocycles. The Morgan fingerprint density at radius 1 is 1.41 bits per heavy atom. The van der Waals surface area contributed by atoms with Gasteiger partial charge in [0, 0.05) is 17.4 Å². The summed E-state index contributed by atoms with van der Waals surface area (Å²) in [7, 11) is 0. The van der Waals surface area contributed by atoms with Gasteiger partial charge in [-0.2, -0.15) is 22.0 Å². The first-order valence-corrected chi connectivity index (χ1v) is 10.8. The standard InChI is InChI=1S/C18H15ClF5N5O4S/c19-9-2-8(33-15(20)21)3-26-12(9)13(30)27-11-5-34-14(28-11)17-6-32-10(18(22,23)24)1-7(17)4-31-16(25)29-17/h2-3,5,7,10,15H,1,4,6H2,(H2,25,29)(H,27,30)/t7-,10+,17-/m0/s1. The number of halogens is 6. The molecule has 0 unspecified atom stereocenters. The summed E-state index contributed by atoms with van der Waals surface area (Å²) in [5.74, 6) is -1.82. The molecular formula is C18H15ClF5N5O4S. The molecule has 2 aliphatic rings. The van der Waals surface area contributed by atoms with Crippen molar-refractivity contribution in [3.05, 3.63) is 33.4 Å². The fraction of sp³-hybridized carbons (Fsp3) is 0.444. The Morgan fingerprint density at radius 2 is 2.18 bits per heavy atom. The molecule has 0 radical (unpaired) electrons. The highest BCUT2D eigenvalue weighted by molar-refractivity contribution is 7.10. The number of alkyl halides is 5. The van der Waals surface area contributed by atoms with Crippen molar-refractivity contribution in [1.29, 1.82) is 0 Å². The topological polar surface area (TPSA) is 121 Å². The van der Waals surface area contributed by atoms with E-state index in [2.05, 4.69) is 25.0 Å². The smallest absolute Gasteiger partial charge is 0.414 e. The highest BCUT2D eigenvalue weighted by Crippen LogP contribution is 2.47. The number of thiazole rings is 1. The van der Waals surface area contributed by atoms with Crippen LogP contribution in [0.1, 0.15) is 21.9 Å². The van der Waals surface area contributed by atoms with Crippen molar-refractivity contribution in [3.8, 4) is 5.75 Å². The number of fused-ring (bicyclic) bond motifs is 1. The summed E-state index contributed by atoms with van der Waals surface area (Å²) < 4.78 is 78.6. The molecule has 2 aromatic rings. The SMILES string of the molecule is NC1=N[C@@]2(c3nc(NC(=O)c4ncc(OC(F)F)cc4Cl)cs3)CO[C@@H](C(F)(F)F)C[C@H]2CO1. The number of ether oxygens (including phenoxy) is 3. The van der Waals surface area contributed by atoms with Crippen LogP contribution in [0, 0.1) is 5.92 Å². The number of aliphatic imine (C=N–C) groups is 1. The Hall–Kier alpha value is -2.78. The second kappa shape index (κ2) is 9.11. The van der Waals surface area contributed by atoms with Crippen molar-refractivity contribution < 1.29 is 41.0 Å². The van der Waals surface area contributed by atoms with Crippen LogP contribution in [0.2, 0.25) is 5.02 Å². The van der Waals surface area contributed by atoms with E-state index in [0.717, 1.165) is 23.6 Å². The van der Waals surface area contributed by atoms with Gasteiger partial charge in [-0.05, 0) is 6.42 Å². The van der Waals surface area contributed by atoms with Gasteiger partial charge in [0.25, 0.3) is 11.9 Å². The van der Waals surface area contributed by atoms with Crippen molar-refractivity contribution in [2.75, 3.05) is 18.5 Å². The Balaban J connectivity index is 1.54. The third kappa shape index (κ3) is 4.86. The lowest BCUT2D eigenvalue weighted by Crippen LogP contribution is -2.54. The fourth-order valence-corrected chi connectivity index (χ4v) is 4.79. The predicted molar refractivity (Wildman–Crippen MR) is 109 cm³/mol. The summed E-state index contributed by atoms with van der Waals surface area (Å²) >= 11 is 6.97. The van der Waals surface area contributed by atoms with Gasteiger partial charge in [0.2, 0.25) is 0 Å². The van der Waals surface area contributed by atoms with Crippen molar-refractivity contribution >= 4 is 40.7 Å². The van der Waals surface area contributed by atoms with Crippen LogP contribution in [-0.2, 0) is 15.0 Å². The van der Waals surface area contributed by atoms with Crippen LogP contribution in [0.15, 0.2) is 22.6 Å². The van der Waals surface area contributed by atoms with Gasteiger partial charge in [-0.25, -0.2) is 15.0 Å². The second-order valence-electron chi connectivity index (χ2n) is 7.33. The van der Waals surface area contributed by atoms with Crippen LogP contribution in [0.4, 0.5) is 27.8 Å². The summed E-state index contributed by atoms with van der Waals surface area (Å²) in [6.45, 7) is -3.64. The molecule has 4 heterocycles. The van der Waals surface area contributed by atoms with E-state index in [9.17, 15) is 26.7 Å². The van der Waals surface area contributed by atoms with E-state index < -0.39 is 49.3 Å². The maximum atomic E-state index is 13.2. The molecule has 4 rings (SSSR count). The zero-order valence-corrected chi connectivity index (χ0v) is 18.4. The van der Waals surface area contributed by atoms with E-state index in [-0.39, 0.29) is 39.9 Å². The number of nitrogens with two attached hydrogens (primary N) is 1. The van der Waals surface area contributed by atoms with Crippen LogP contribution >= 0.6 is 22.9 Å². The summed E-state index contributed by atoms with van der Waals surface area (Å²) in [6.07, 6.45) is -6.04. The first kappa shape index (κ1) is 24.3. The third-order valence-electron chi connectivity index (χ3n) is 5.16. The first-order chi connectivity index (χ1) is 16.0. The summed E-state index contributed by atoms with van der Waals surface area (Å²) in [4.78, 5) is 24.8. The molecule has 3 atom stereocenters. The molecule has 1 saturated heterocycles. The van der Waals surface area contributed by atoms with Crippen LogP contribution in [0.25, 0.3) is 0 Å². The van der Waals surface area contributed by atoms with Gasteiger partial charge in [0.15, 0.2) is 6.10 Å². The molecular weight excluding hydrogens is 513 g/mol. The quantitative estimate of drug-likeness (QED) is 0.570. The molecule has 2 aliphatic heterocycles. The highest BCUT2D eigenvalue weighted by Gasteiger charge is 2.56. The summed E-state index contributed by atoms with van der Waals surface area (Å²) in [5, 5.41) is 3.91. The maximum Gasteiger partial charge on any atom is 0.414 e. The first-order valence-electron chi connectivity index (χ1n) is 9.52. The zero-order chi connectivity index (χ0) is 24.7. The number of hydrogen-bond donors (Lipinski definition) is 2. The molecule has 1 fully saturated rings. The van der Waals surface area contributed by atoms with Gasteiger partial charge in [0.05, 0.1) is 24.4 Å². The molecule has 0 spiro atoms. The van der Waals surface area contributed by atoms with Crippen LogP contribution in [0.3, 0.4) is 0 Å². The predicted octanol–water partition coefficient (Wildman–Crippen LogP) is 3.55. The van der Waals surface area contributed by atoms with Gasteiger partial charge < -0.3 is 25.3 Å². The minimum absolute atomic E-state index is 0.0436. The van der Waals surface area contributed by atoms with Crippen LogP contribution in [-0.4, -0.2) is 54.0 Å². The number of nitrogens with zero attached hydrogens (tertiary/aromatic N) is 3. The third-order valence-corrected chi connectivity index (χ3v) is 6.46.